The van der Waals surface area contributed by atoms with E-state index in [-0.39, 0.29) is 0 Å². The zero-order valence-corrected chi connectivity index (χ0v) is 41.3. The molecule has 0 saturated carbocycles. The van der Waals surface area contributed by atoms with Crippen molar-refractivity contribution in [2.75, 3.05) is 0 Å². The fraction of sp³-hybridized carbons (Fsp3) is 0.946. The number of unbranched alkanes of at least 4 members (excludes halogenated alkanes) is 31. The van der Waals surface area contributed by atoms with Crippen molar-refractivity contribution < 1.29 is 4.57 Å². The predicted molar refractivity (Wildman–Crippen MR) is 262 cm³/mol. The average molecular weight is 813 g/mol. The van der Waals surface area contributed by atoms with Gasteiger partial charge in [-0.3, -0.25) is 0 Å². The van der Waals surface area contributed by atoms with Gasteiger partial charge in [-0.1, -0.05) is 285 Å². The first-order chi connectivity index (χ1) is 28.5. The Labute approximate surface area is 368 Å². The van der Waals surface area contributed by atoms with Crippen LogP contribution in [-0.4, -0.2) is 4.57 Å². The lowest BCUT2D eigenvalue weighted by Gasteiger charge is -2.19. The lowest BCUT2D eigenvalue weighted by Crippen LogP contribution is -2.24. The summed E-state index contributed by atoms with van der Waals surface area (Å²) in [4.78, 5) is 0. The minimum Gasteiger partial charge on any atom is -0.240 e. The molecule has 1 aromatic rings. The Morgan fingerprint density at radius 3 is 1.05 bits per heavy atom. The molecule has 0 fully saturated rings. The molecule has 1 heterocycles. The third-order valence-corrected chi connectivity index (χ3v) is 14.0. The first-order valence-corrected chi connectivity index (χ1v) is 27.5. The van der Waals surface area contributed by atoms with E-state index >= 15 is 0 Å². The SMILES string of the molecule is CCCCCCCCCCCCCCCCCCC(CCCCCCCCCCCCCCCCCC)CCCCC(CCC(C)CCCC(C)C)n1cc[n+](C)c1. The Bertz CT molecular complexity index is 881. The second-order valence-corrected chi connectivity index (χ2v) is 20.5. The fourth-order valence-corrected chi connectivity index (χ4v) is 9.83. The quantitative estimate of drug-likeness (QED) is 0.0458. The van der Waals surface area contributed by atoms with Gasteiger partial charge in [0.05, 0.1) is 7.05 Å². The van der Waals surface area contributed by atoms with E-state index in [1.54, 1.807) is 0 Å². The van der Waals surface area contributed by atoms with Crippen LogP contribution in [0.25, 0.3) is 0 Å². The highest BCUT2D eigenvalue weighted by Gasteiger charge is 2.18. The first kappa shape index (κ1) is 55.2. The average Bonchev–Trinajstić information content (AvgIpc) is 3.65. The molecule has 0 amide bonds. The van der Waals surface area contributed by atoms with Crippen molar-refractivity contribution in [2.24, 2.45) is 24.8 Å². The molecule has 0 N–H and O–H groups in total. The van der Waals surface area contributed by atoms with Crippen LogP contribution in [0.2, 0.25) is 0 Å². The molecule has 0 aliphatic rings. The maximum absolute atomic E-state index is 2.55. The molecule has 344 valence electrons. The molecular weight excluding hydrogens is 701 g/mol. The Balaban J connectivity index is 2.35. The zero-order valence-electron chi connectivity index (χ0n) is 41.3. The molecule has 0 bridgehead atoms. The molecule has 2 unspecified atom stereocenters. The lowest BCUT2D eigenvalue weighted by atomic mass is 9.88. The van der Waals surface area contributed by atoms with E-state index in [2.05, 4.69) is 69.5 Å². The minimum atomic E-state index is 0.674. The van der Waals surface area contributed by atoms with Crippen molar-refractivity contribution in [1.29, 1.82) is 0 Å². The molecule has 1 aromatic heterocycles. The van der Waals surface area contributed by atoms with Crippen LogP contribution in [0.5, 0.6) is 0 Å². The van der Waals surface area contributed by atoms with E-state index in [0.29, 0.717) is 6.04 Å². The molecule has 1 rings (SSSR count). The van der Waals surface area contributed by atoms with Gasteiger partial charge in [0.15, 0.2) is 0 Å². The van der Waals surface area contributed by atoms with Crippen molar-refractivity contribution in [2.45, 2.75) is 317 Å². The largest absolute Gasteiger partial charge is 0.243 e. The van der Waals surface area contributed by atoms with Crippen LogP contribution in [0, 0.1) is 17.8 Å². The summed E-state index contributed by atoms with van der Waals surface area (Å²) in [5.41, 5.74) is 0. The Hall–Kier alpha value is -0.790. The van der Waals surface area contributed by atoms with Crippen LogP contribution in [0.15, 0.2) is 18.7 Å². The Kier molecular flexibility index (Phi) is 40.8. The molecule has 2 nitrogen and oxygen atoms in total. The maximum atomic E-state index is 2.55. The molecule has 0 aromatic carbocycles. The molecule has 2 atom stereocenters. The van der Waals surface area contributed by atoms with Crippen molar-refractivity contribution >= 4 is 0 Å². The molecule has 58 heavy (non-hydrogen) atoms. The molecular formula is C56H111N2+. The van der Waals surface area contributed by atoms with Crippen LogP contribution in [0.1, 0.15) is 317 Å². The van der Waals surface area contributed by atoms with Crippen LogP contribution in [-0.2, 0) is 7.05 Å². The van der Waals surface area contributed by atoms with Crippen molar-refractivity contribution in [1.82, 2.24) is 4.57 Å². The number of aryl methyl sites for hydroxylation is 1. The van der Waals surface area contributed by atoms with E-state index in [4.69, 9.17) is 0 Å². The monoisotopic (exact) mass is 812 g/mol. The van der Waals surface area contributed by atoms with Crippen LogP contribution >= 0.6 is 0 Å². The summed E-state index contributed by atoms with van der Waals surface area (Å²) >= 11 is 0. The second-order valence-electron chi connectivity index (χ2n) is 20.5. The maximum Gasteiger partial charge on any atom is 0.243 e. The summed E-state index contributed by atoms with van der Waals surface area (Å²) < 4.78 is 4.79. The van der Waals surface area contributed by atoms with Crippen LogP contribution in [0.3, 0.4) is 0 Å². The van der Waals surface area contributed by atoms with Gasteiger partial charge in [0.1, 0.15) is 18.4 Å². The predicted octanol–water partition coefficient (Wildman–Crippen LogP) is 19.6. The highest BCUT2D eigenvalue weighted by Crippen LogP contribution is 2.29. The van der Waals surface area contributed by atoms with Gasteiger partial charge in [-0.2, -0.15) is 0 Å². The molecule has 0 radical (unpaired) electrons. The van der Waals surface area contributed by atoms with E-state index in [1.807, 2.05) is 0 Å². The number of hydrogen-bond donors (Lipinski definition) is 0. The van der Waals surface area contributed by atoms with E-state index < -0.39 is 0 Å². The summed E-state index contributed by atoms with van der Waals surface area (Å²) in [7, 11) is 2.18. The third kappa shape index (κ3) is 37.0. The highest BCUT2D eigenvalue weighted by molar-refractivity contribution is 4.77. The van der Waals surface area contributed by atoms with Gasteiger partial charge in [0, 0.05) is 0 Å². The molecule has 0 aliphatic carbocycles. The third-order valence-electron chi connectivity index (χ3n) is 14.0. The topological polar surface area (TPSA) is 8.81 Å². The molecule has 0 saturated heterocycles. The number of hydrogen-bond acceptors (Lipinski definition) is 0. The van der Waals surface area contributed by atoms with Gasteiger partial charge in [0.25, 0.3) is 0 Å². The first-order valence-electron chi connectivity index (χ1n) is 27.5. The normalized spacial score (nSPS) is 13.0. The summed E-state index contributed by atoms with van der Waals surface area (Å²) in [6.07, 6.45) is 69.6. The number of rotatable bonds is 47. The molecule has 2 heteroatoms. The van der Waals surface area contributed by atoms with Gasteiger partial charge < -0.3 is 0 Å². The van der Waals surface area contributed by atoms with Crippen LogP contribution in [0.4, 0.5) is 0 Å². The van der Waals surface area contributed by atoms with Gasteiger partial charge in [-0.15, -0.1) is 0 Å². The minimum absolute atomic E-state index is 0.674. The number of nitrogens with zero attached hydrogens (tertiary/aromatic N) is 2. The highest BCUT2D eigenvalue weighted by atomic mass is 15.1. The standard InChI is InChI=1S/C56H111N2/c1-7-9-11-13-15-17-19-21-23-25-27-29-31-33-35-37-44-55(45-38-36-34-32-30-28-26-24-22-20-18-16-14-12-10-8-2)46-39-40-47-56(58-51-50-57(6)52-58)49-48-54(5)43-41-42-53(3)4/h50-56H,7-49H2,1-6H3/q+1. The zero-order chi connectivity index (χ0) is 42.0. The molecule has 0 spiro atoms. The summed E-state index contributed by atoms with van der Waals surface area (Å²) in [5.74, 6) is 2.67. The summed E-state index contributed by atoms with van der Waals surface area (Å²) in [6.45, 7) is 11.9. The number of imidazole rings is 1. The second kappa shape index (κ2) is 42.9. The van der Waals surface area contributed by atoms with Crippen LogP contribution < -0.4 is 4.57 Å². The van der Waals surface area contributed by atoms with Crippen molar-refractivity contribution in [3.8, 4) is 0 Å². The van der Waals surface area contributed by atoms with E-state index in [1.165, 1.54) is 276 Å². The lowest BCUT2D eigenvalue weighted by molar-refractivity contribution is -0.671. The Morgan fingerprint density at radius 1 is 0.362 bits per heavy atom. The fourth-order valence-electron chi connectivity index (χ4n) is 9.83. The van der Waals surface area contributed by atoms with Gasteiger partial charge in [0.2, 0.25) is 6.33 Å². The Morgan fingerprint density at radius 2 is 0.707 bits per heavy atom. The molecule has 0 aliphatic heterocycles. The van der Waals surface area contributed by atoms with Gasteiger partial charge >= 0.3 is 0 Å². The smallest absolute Gasteiger partial charge is 0.240 e. The van der Waals surface area contributed by atoms with Gasteiger partial charge in [-0.25, -0.2) is 9.13 Å². The summed E-state index contributed by atoms with van der Waals surface area (Å²) in [5, 5.41) is 0. The number of aromatic nitrogens is 2. The summed E-state index contributed by atoms with van der Waals surface area (Å²) in [6, 6.07) is 0.674. The van der Waals surface area contributed by atoms with E-state index in [0.717, 1.165) is 17.8 Å². The van der Waals surface area contributed by atoms with Crippen molar-refractivity contribution in [3.63, 3.8) is 0 Å². The van der Waals surface area contributed by atoms with Crippen molar-refractivity contribution in [3.05, 3.63) is 18.7 Å². The van der Waals surface area contributed by atoms with E-state index in [9.17, 15) is 0 Å². The van der Waals surface area contributed by atoms with Gasteiger partial charge in [-0.05, 0) is 43.4 Å².